The number of carbonyl (C=O) groups excluding carboxylic acids is 2. The molecule has 4 N–H and O–H groups in total. The highest BCUT2D eigenvalue weighted by molar-refractivity contribution is 5.89. The molecule has 0 bridgehead atoms. The molecule has 1 aromatic rings. The van der Waals surface area contributed by atoms with Crippen molar-refractivity contribution in [1.82, 2.24) is 5.32 Å². The molecule has 0 heterocycles. The minimum Gasteiger partial charge on any atom is -0.480 e. The lowest BCUT2D eigenvalue weighted by atomic mass is 10.1. The van der Waals surface area contributed by atoms with Crippen molar-refractivity contribution in [1.29, 1.82) is 0 Å². The summed E-state index contributed by atoms with van der Waals surface area (Å²) >= 11 is 0. The molecule has 0 radical (unpaired) electrons. The third kappa shape index (κ3) is 4.36. The molecule has 0 saturated carbocycles. The standard InChI is InChI=1S/C13H16N2O5/c1-20-10(16)7-9(13(18)19)15-12(17)11(14)8-5-3-2-4-6-8/h2-6,9,11H,7,14H2,1H3,(H,15,17)(H,18,19)/t9-,11+/m0/s1. The lowest BCUT2D eigenvalue weighted by molar-refractivity contribution is -0.148. The predicted molar refractivity (Wildman–Crippen MR) is 69.6 cm³/mol. The van der Waals surface area contributed by atoms with Gasteiger partial charge in [0.1, 0.15) is 12.1 Å². The first kappa shape index (κ1) is 15.6. The molecule has 20 heavy (non-hydrogen) atoms. The molecule has 7 nitrogen and oxygen atoms in total. The minimum atomic E-state index is -1.37. The molecular weight excluding hydrogens is 264 g/mol. The Morgan fingerprint density at radius 3 is 2.40 bits per heavy atom. The summed E-state index contributed by atoms with van der Waals surface area (Å²) in [7, 11) is 1.14. The number of hydrogen-bond acceptors (Lipinski definition) is 5. The number of carboxylic acid groups (broad SMARTS) is 1. The monoisotopic (exact) mass is 280 g/mol. The SMILES string of the molecule is COC(=O)C[C@H](NC(=O)[C@H](N)c1ccccc1)C(=O)O. The van der Waals surface area contributed by atoms with Gasteiger partial charge in [0, 0.05) is 0 Å². The van der Waals surface area contributed by atoms with E-state index >= 15 is 0 Å². The van der Waals surface area contributed by atoms with Gasteiger partial charge in [-0.3, -0.25) is 9.59 Å². The summed E-state index contributed by atoms with van der Waals surface area (Å²) in [5, 5.41) is 11.2. The zero-order chi connectivity index (χ0) is 15.1. The Kier molecular flexibility index (Phi) is 5.67. The van der Waals surface area contributed by atoms with Crippen LogP contribution in [0, 0.1) is 0 Å². The van der Waals surface area contributed by atoms with Crippen molar-refractivity contribution >= 4 is 17.8 Å². The van der Waals surface area contributed by atoms with Crippen molar-refractivity contribution in [2.45, 2.75) is 18.5 Å². The smallest absolute Gasteiger partial charge is 0.326 e. The molecule has 0 aliphatic rings. The van der Waals surface area contributed by atoms with Gasteiger partial charge in [-0.1, -0.05) is 30.3 Å². The Morgan fingerprint density at radius 2 is 1.90 bits per heavy atom. The summed E-state index contributed by atoms with van der Waals surface area (Å²) in [6.45, 7) is 0. The average molecular weight is 280 g/mol. The Balaban J connectivity index is 2.71. The molecule has 0 aliphatic carbocycles. The van der Waals surface area contributed by atoms with Crippen LogP contribution in [0.3, 0.4) is 0 Å². The third-order valence-corrected chi connectivity index (χ3v) is 2.65. The Hall–Kier alpha value is -2.41. The van der Waals surface area contributed by atoms with E-state index in [0.29, 0.717) is 5.56 Å². The van der Waals surface area contributed by atoms with Gasteiger partial charge in [0.15, 0.2) is 0 Å². The number of carboxylic acids is 1. The number of ether oxygens (including phenoxy) is 1. The van der Waals surface area contributed by atoms with Crippen LogP contribution in [0.1, 0.15) is 18.0 Å². The molecule has 0 aliphatic heterocycles. The van der Waals surface area contributed by atoms with E-state index in [4.69, 9.17) is 10.8 Å². The predicted octanol–water partition coefficient (Wildman–Crippen LogP) is -0.181. The highest BCUT2D eigenvalue weighted by Crippen LogP contribution is 2.10. The van der Waals surface area contributed by atoms with Gasteiger partial charge in [0.25, 0.3) is 0 Å². The second-order valence-corrected chi connectivity index (χ2v) is 4.07. The van der Waals surface area contributed by atoms with Gasteiger partial charge in [-0.15, -0.1) is 0 Å². The van der Waals surface area contributed by atoms with Crippen molar-refractivity contribution in [3.05, 3.63) is 35.9 Å². The van der Waals surface area contributed by atoms with Crippen molar-refractivity contribution < 1.29 is 24.2 Å². The van der Waals surface area contributed by atoms with Gasteiger partial charge in [-0.2, -0.15) is 0 Å². The highest BCUT2D eigenvalue weighted by atomic mass is 16.5. The van der Waals surface area contributed by atoms with E-state index in [1.165, 1.54) is 0 Å². The number of rotatable bonds is 6. The number of nitrogens with one attached hydrogen (secondary N) is 1. The molecule has 0 spiro atoms. The van der Waals surface area contributed by atoms with Crippen molar-refractivity contribution in [2.75, 3.05) is 7.11 Å². The minimum absolute atomic E-state index is 0.459. The first-order valence-electron chi connectivity index (χ1n) is 5.86. The molecule has 0 aromatic heterocycles. The number of benzene rings is 1. The van der Waals surface area contributed by atoms with Crippen molar-refractivity contribution in [3.8, 4) is 0 Å². The Morgan fingerprint density at radius 1 is 1.30 bits per heavy atom. The van der Waals surface area contributed by atoms with Gasteiger partial charge in [-0.05, 0) is 5.56 Å². The number of nitrogens with two attached hydrogens (primary N) is 1. The van der Waals surface area contributed by atoms with E-state index in [1.807, 2.05) is 0 Å². The lowest BCUT2D eigenvalue weighted by Gasteiger charge is -2.17. The zero-order valence-corrected chi connectivity index (χ0v) is 10.9. The van der Waals surface area contributed by atoms with Crippen LogP contribution < -0.4 is 11.1 Å². The fraction of sp³-hybridized carbons (Fsp3) is 0.308. The van der Waals surface area contributed by atoms with Crippen molar-refractivity contribution in [3.63, 3.8) is 0 Å². The van der Waals surface area contributed by atoms with Crippen LogP contribution in [0.5, 0.6) is 0 Å². The fourth-order valence-electron chi connectivity index (χ4n) is 1.52. The third-order valence-electron chi connectivity index (χ3n) is 2.65. The molecule has 1 aromatic carbocycles. The molecule has 0 unspecified atom stereocenters. The van der Waals surface area contributed by atoms with Crippen LogP contribution in [0.25, 0.3) is 0 Å². The zero-order valence-electron chi connectivity index (χ0n) is 10.9. The van der Waals surface area contributed by atoms with E-state index in [1.54, 1.807) is 30.3 Å². The van der Waals surface area contributed by atoms with Crippen LogP contribution in [0.2, 0.25) is 0 Å². The molecule has 108 valence electrons. The van der Waals surface area contributed by atoms with Crippen LogP contribution in [-0.2, 0) is 19.1 Å². The normalized spacial score (nSPS) is 13.1. The second-order valence-electron chi connectivity index (χ2n) is 4.07. The van der Waals surface area contributed by atoms with E-state index in [0.717, 1.165) is 7.11 Å². The molecule has 1 rings (SSSR count). The van der Waals surface area contributed by atoms with E-state index in [-0.39, 0.29) is 0 Å². The van der Waals surface area contributed by atoms with Crippen molar-refractivity contribution in [2.24, 2.45) is 5.73 Å². The quantitative estimate of drug-likeness (QED) is 0.622. The number of carbonyl (C=O) groups is 3. The summed E-state index contributed by atoms with van der Waals surface area (Å²) in [5.41, 5.74) is 6.28. The maximum atomic E-state index is 11.9. The molecule has 0 fully saturated rings. The number of esters is 1. The molecule has 0 saturated heterocycles. The van der Waals surface area contributed by atoms with Crippen LogP contribution in [0.4, 0.5) is 0 Å². The topological polar surface area (TPSA) is 119 Å². The summed E-state index contributed by atoms with van der Waals surface area (Å²) in [5.74, 6) is -2.73. The first-order chi connectivity index (χ1) is 9.45. The number of methoxy groups -OCH3 is 1. The summed E-state index contributed by atoms with van der Waals surface area (Å²) < 4.78 is 4.37. The summed E-state index contributed by atoms with van der Waals surface area (Å²) in [4.78, 5) is 33.9. The summed E-state index contributed by atoms with van der Waals surface area (Å²) in [6.07, 6.45) is -0.459. The van der Waals surface area contributed by atoms with Gasteiger partial charge < -0.3 is 20.9 Å². The number of amides is 1. The Bertz CT molecular complexity index is 489. The van der Waals surface area contributed by atoms with Gasteiger partial charge >= 0.3 is 11.9 Å². The highest BCUT2D eigenvalue weighted by Gasteiger charge is 2.26. The maximum Gasteiger partial charge on any atom is 0.326 e. The lowest BCUT2D eigenvalue weighted by Crippen LogP contribution is -2.46. The fourth-order valence-corrected chi connectivity index (χ4v) is 1.52. The van der Waals surface area contributed by atoms with Crippen LogP contribution in [0.15, 0.2) is 30.3 Å². The molecular formula is C13H16N2O5. The van der Waals surface area contributed by atoms with E-state index < -0.39 is 36.4 Å². The Labute approximate surface area is 115 Å². The number of aliphatic carboxylic acids is 1. The summed E-state index contributed by atoms with van der Waals surface area (Å²) in [6, 6.07) is 6.13. The van der Waals surface area contributed by atoms with E-state index in [2.05, 4.69) is 10.1 Å². The first-order valence-corrected chi connectivity index (χ1v) is 5.86. The molecule has 7 heteroatoms. The van der Waals surface area contributed by atoms with Gasteiger partial charge in [-0.25, -0.2) is 4.79 Å². The van der Waals surface area contributed by atoms with E-state index in [9.17, 15) is 14.4 Å². The average Bonchev–Trinajstić information content (AvgIpc) is 2.46. The largest absolute Gasteiger partial charge is 0.480 e. The van der Waals surface area contributed by atoms with Crippen LogP contribution >= 0.6 is 0 Å². The molecule has 1 amide bonds. The van der Waals surface area contributed by atoms with Crippen LogP contribution in [-0.4, -0.2) is 36.1 Å². The number of hydrogen-bond donors (Lipinski definition) is 3. The second kappa shape index (κ2) is 7.25. The maximum absolute atomic E-state index is 11.9. The molecule has 2 atom stereocenters. The van der Waals surface area contributed by atoms with Gasteiger partial charge in [0.2, 0.25) is 5.91 Å². The van der Waals surface area contributed by atoms with Gasteiger partial charge in [0.05, 0.1) is 13.5 Å².